The SMILES string of the molecule is O=Cc1cc(C(=O)CCBr)cc(C(O)C(=O)O)c1. The number of carboxylic acid groups (broad SMARTS) is 1. The van der Waals surface area contributed by atoms with Crippen molar-refractivity contribution in [2.45, 2.75) is 12.5 Å². The Hall–Kier alpha value is -1.53. The Labute approximate surface area is 112 Å². The average Bonchev–Trinajstić information content (AvgIpc) is 2.37. The molecule has 0 aromatic heterocycles. The normalized spacial score (nSPS) is 11.9. The molecule has 0 amide bonds. The van der Waals surface area contributed by atoms with Crippen LogP contribution in [0.2, 0.25) is 0 Å². The van der Waals surface area contributed by atoms with Gasteiger partial charge in [-0.3, -0.25) is 9.59 Å². The zero-order valence-corrected chi connectivity index (χ0v) is 10.9. The molecule has 0 saturated carbocycles. The zero-order chi connectivity index (χ0) is 13.7. The van der Waals surface area contributed by atoms with Crippen molar-refractivity contribution in [2.24, 2.45) is 0 Å². The van der Waals surface area contributed by atoms with E-state index in [4.69, 9.17) is 5.11 Å². The highest BCUT2D eigenvalue weighted by Crippen LogP contribution is 2.18. The van der Waals surface area contributed by atoms with Crippen LogP contribution in [0.5, 0.6) is 0 Å². The molecule has 0 fully saturated rings. The molecule has 5 nitrogen and oxygen atoms in total. The van der Waals surface area contributed by atoms with Gasteiger partial charge in [0, 0.05) is 22.9 Å². The highest BCUT2D eigenvalue weighted by Gasteiger charge is 2.18. The standard InChI is InChI=1S/C12H11BrO5/c13-2-1-10(15)8-3-7(6-14)4-9(5-8)11(16)12(17)18/h3-6,11,16H,1-2H2,(H,17,18). The number of hydrogen-bond acceptors (Lipinski definition) is 4. The zero-order valence-electron chi connectivity index (χ0n) is 9.30. The number of benzene rings is 1. The molecule has 1 aromatic carbocycles. The number of Topliss-reactive ketones (excluding diaryl/α,β-unsaturated/α-hetero) is 1. The summed E-state index contributed by atoms with van der Waals surface area (Å²) in [5.41, 5.74) is 0.394. The second kappa shape index (κ2) is 6.42. The molecule has 6 heteroatoms. The highest BCUT2D eigenvalue weighted by molar-refractivity contribution is 9.09. The van der Waals surface area contributed by atoms with Crippen LogP contribution in [0.4, 0.5) is 0 Å². The van der Waals surface area contributed by atoms with Crippen LogP contribution in [0.15, 0.2) is 18.2 Å². The minimum absolute atomic E-state index is 0.0185. The van der Waals surface area contributed by atoms with Crippen LogP contribution in [0.3, 0.4) is 0 Å². The molecule has 1 rings (SSSR count). The summed E-state index contributed by atoms with van der Waals surface area (Å²) in [5.74, 6) is -1.66. The Kier molecular flexibility index (Phi) is 5.18. The summed E-state index contributed by atoms with van der Waals surface area (Å²) in [6.07, 6.45) is -1.02. The fourth-order valence-electron chi connectivity index (χ4n) is 1.44. The lowest BCUT2D eigenvalue weighted by atomic mass is 9.99. The number of aliphatic carboxylic acids is 1. The minimum atomic E-state index is -1.75. The summed E-state index contributed by atoms with van der Waals surface area (Å²) in [5, 5.41) is 18.6. The Morgan fingerprint density at radius 3 is 2.50 bits per heavy atom. The van der Waals surface area contributed by atoms with Crippen molar-refractivity contribution >= 4 is 34.0 Å². The Morgan fingerprint density at radius 2 is 2.00 bits per heavy atom. The summed E-state index contributed by atoms with van der Waals surface area (Å²) in [6, 6.07) is 3.91. The maximum Gasteiger partial charge on any atom is 0.337 e. The van der Waals surface area contributed by atoms with Crippen molar-refractivity contribution in [3.8, 4) is 0 Å². The Bertz CT molecular complexity index is 483. The molecule has 0 aliphatic heterocycles. The van der Waals surface area contributed by atoms with E-state index in [0.717, 1.165) is 0 Å². The van der Waals surface area contributed by atoms with Gasteiger partial charge in [0.15, 0.2) is 11.9 Å². The van der Waals surface area contributed by atoms with Crippen LogP contribution in [-0.4, -0.2) is 33.6 Å². The van der Waals surface area contributed by atoms with Gasteiger partial charge in [0.05, 0.1) is 0 Å². The Morgan fingerprint density at radius 1 is 1.33 bits per heavy atom. The lowest BCUT2D eigenvalue weighted by Crippen LogP contribution is -2.12. The molecule has 0 heterocycles. The third kappa shape index (κ3) is 3.48. The van der Waals surface area contributed by atoms with E-state index >= 15 is 0 Å². The minimum Gasteiger partial charge on any atom is -0.479 e. The smallest absolute Gasteiger partial charge is 0.337 e. The van der Waals surface area contributed by atoms with E-state index < -0.39 is 12.1 Å². The summed E-state index contributed by atoms with van der Waals surface area (Å²) in [6.45, 7) is 0. The monoisotopic (exact) mass is 314 g/mol. The first-order chi connectivity index (χ1) is 8.49. The molecule has 96 valence electrons. The maximum absolute atomic E-state index is 11.7. The van der Waals surface area contributed by atoms with Gasteiger partial charge in [0.25, 0.3) is 0 Å². The van der Waals surface area contributed by atoms with Gasteiger partial charge in [0.1, 0.15) is 6.29 Å². The van der Waals surface area contributed by atoms with Crippen molar-refractivity contribution in [1.82, 2.24) is 0 Å². The van der Waals surface area contributed by atoms with E-state index in [1.165, 1.54) is 18.2 Å². The van der Waals surface area contributed by atoms with E-state index in [0.29, 0.717) is 11.6 Å². The van der Waals surface area contributed by atoms with Gasteiger partial charge in [-0.2, -0.15) is 0 Å². The van der Waals surface area contributed by atoms with Gasteiger partial charge in [-0.25, -0.2) is 4.79 Å². The molecule has 0 aliphatic rings. The molecule has 0 radical (unpaired) electrons. The predicted octanol–water partition coefficient (Wildman–Crippen LogP) is 1.58. The molecule has 0 spiro atoms. The van der Waals surface area contributed by atoms with Crippen LogP contribution in [0.25, 0.3) is 0 Å². The lowest BCUT2D eigenvalue weighted by molar-refractivity contribution is -0.146. The van der Waals surface area contributed by atoms with Crippen LogP contribution < -0.4 is 0 Å². The van der Waals surface area contributed by atoms with Gasteiger partial charge < -0.3 is 10.2 Å². The number of carbonyl (C=O) groups is 3. The molecular weight excluding hydrogens is 304 g/mol. The quantitative estimate of drug-likeness (QED) is 0.472. The molecular formula is C12H11BrO5. The number of alkyl halides is 1. The molecule has 1 aromatic rings. The number of rotatable bonds is 6. The topological polar surface area (TPSA) is 91.7 Å². The Balaban J connectivity index is 3.20. The van der Waals surface area contributed by atoms with Crippen molar-refractivity contribution in [2.75, 3.05) is 5.33 Å². The van der Waals surface area contributed by atoms with E-state index in [2.05, 4.69) is 15.9 Å². The average molecular weight is 315 g/mol. The van der Waals surface area contributed by atoms with Crippen molar-refractivity contribution in [1.29, 1.82) is 0 Å². The number of aliphatic hydroxyl groups is 1. The van der Waals surface area contributed by atoms with Gasteiger partial charge in [-0.15, -0.1) is 0 Å². The largest absolute Gasteiger partial charge is 0.479 e. The van der Waals surface area contributed by atoms with E-state index in [-0.39, 0.29) is 28.9 Å². The number of aldehydes is 1. The second-order valence-electron chi connectivity index (χ2n) is 3.61. The van der Waals surface area contributed by atoms with Crippen molar-refractivity contribution < 1.29 is 24.6 Å². The molecule has 18 heavy (non-hydrogen) atoms. The number of carbonyl (C=O) groups excluding carboxylic acids is 2. The van der Waals surface area contributed by atoms with E-state index in [1.807, 2.05) is 0 Å². The number of carboxylic acids is 1. The maximum atomic E-state index is 11.7. The first-order valence-electron chi connectivity index (χ1n) is 5.09. The van der Waals surface area contributed by atoms with Crippen LogP contribution >= 0.6 is 15.9 Å². The molecule has 0 bridgehead atoms. The molecule has 1 unspecified atom stereocenters. The first kappa shape index (κ1) is 14.5. The predicted molar refractivity (Wildman–Crippen MR) is 67.2 cm³/mol. The molecule has 1 atom stereocenters. The summed E-state index contributed by atoms with van der Waals surface area (Å²) in [4.78, 5) is 33.1. The van der Waals surface area contributed by atoms with Crippen LogP contribution in [0, 0.1) is 0 Å². The number of ketones is 1. The first-order valence-corrected chi connectivity index (χ1v) is 6.22. The van der Waals surface area contributed by atoms with Gasteiger partial charge in [-0.1, -0.05) is 15.9 Å². The van der Waals surface area contributed by atoms with E-state index in [9.17, 15) is 19.5 Å². The van der Waals surface area contributed by atoms with Crippen molar-refractivity contribution in [3.63, 3.8) is 0 Å². The summed E-state index contributed by atoms with van der Waals surface area (Å²) < 4.78 is 0. The van der Waals surface area contributed by atoms with Gasteiger partial charge in [-0.05, 0) is 23.8 Å². The fraction of sp³-hybridized carbons (Fsp3) is 0.250. The summed E-state index contributed by atoms with van der Waals surface area (Å²) in [7, 11) is 0. The van der Waals surface area contributed by atoms with Crippen LogP contribution in [-0.2, 0) is 4.79 Å². The summed E-state index contributed by atoms with van der Waals surface area (Å²) >= 11 is 3.12. The fourth-order valence-corrected chi connectivity index (χ4v) is 1.80. The van der Waals surface area contributed by atoms with Crippen molar-refractivity contribution in [3.05, 3.63) is 34.9 Å². The molecule has 0 saturated heterocycles. The van der Waals surface area contributed by atoms with Gasteiger partial charge in [0.2, 0.25) is 0 Å². The number of aliphatic hydroxyl groups excluding tert-OH is 1. The second-order valence-corrected chi connectivity index (χ2v) is 4.40. The number of hydrogen-bond donors (Lipinski definition) is 2. The third-order valence-corrected chi connectivity index (χ3v) is 2.70. The number of halogens is 1. The lowest BCUT2D eigenvalue weighted by Gasteiger charge is -2.09. The molecule has 0 aliphatic carbocycles. The third-order valence-electron chi connectivity index (χ3n) is 2.31. The van der Waals surface area contributed by atoms with E-state index in [1.54, 1.807) is 0 Å². The highest BCUT2D eigenvalue weighted by atomic mass is 79.9. The van der Waals surface area contributed by atoms with Gasteiger partial charge >= 0.3 is 5.97 Å². The van der Waals surface area contributed by atoms with Crippen LogP contribution in [0.1, 0.15) is 38.8 Å². The molecule has 2 N–H and O–H groups in total.